The van der Waals surface area contributed by atoms with Gasteiger partial charge < -0.3 is 20.0 Å². The zero-order chi connectivity index (χ0) is 15.6. The molecule has 1 amide bonds. The number of para-hydroxylation sites is 2. The number of esters is 1. The largest absolute Gasteiger partial charge is 0.805 e. The number of rotatable bonds is 3. The second-order valence-electron chi connectivity index (χ2n) is 4.34. The Morgan fingerprint density at radius 2 is 2.05 bits per heavy atom. The summed E-state index contributed by atoms with van der Waals surface area (Å²) in [5.41, 5.74) is -0.199. The topological polar surface area (TPSA) is 106 Å². The van der Waals surface area contributed by atoms with Gasteiger partial charge in [0.15, 0.2) is 5.69 Å². The van der Waals surface area contributed by atoms with Crippen LogP contribution < -0.4 is 9.74 Å². The molecule has 8 nitrogen and oxygen atoms in total. The summed E-state index contributed by atoms with van der Waals surface area (Å²) in [4.78, 5) is 35.1. The molecular weight excluding hydrogens is 278 g/mol. The van der Waals surface area contributed by atoms with Crippen LogP contribution in [0.2, 0.25) is 0 Å². The smallest absolute Gasteiger partial charge is 0.328 e. The van der Waals surface area contributed by atoms with Crippen LogP contribution in [-0.4, -0.2) is 29.8 Å². The SMILES string of the molecule is COC(=O)[C@H](C)NC(=O)c1c[n+](=O)c2ccccc2n1[O-]. The summed E-state index contributed by atoms with van der Waals surface area (Å²) in [5.74, 6) is -1.49. The van der Waals surface area contributed by atoms with Gasteiger partial charge in [-0.3, -0.25) is 4.79 Å². The zero-order valence-electron chi connectivity index (χ0n) is 11.4. The summed E-state index contributed by atoms with van der Waals surface area (Å²) in [7, 11) is 1.18. The first-order chi connectivity index (χ1) is 9.95. The molecule has 1 heterocycles. The number of nitrogens with zero attached hydrogens (tertiary/aromatic N) is 2. The predicted octanol–water partition coefficient (Wildman–Crippen LogP) is 0.193. The number of nitrogens with one attached hydrogen (secondary N) is 1. The third kappa shape index (κ3) is 2.69. The zero-order valence-corrected chi connectivity index (χ0v) is 11.4. The second kappa shape index (κ2) is 5.61. The second-order valence-corrected chi connectivity index (χ2v) is 4.34. The Kier molecular flexibility index (Phi) is 3.88. The highest BCUT2D eigenvalue weighted by atomic mass is 16.5. The van der Waals surface area contributed by atoms with E-state index in [1.807, 2.05) is 0 Å². The molecule has 0 aliphatic heterocycles. The van der Waals surface area contributed by atoms with E-state index in [-0.39, 0.29) is 11.0 Å². The maximum atomic E-state index is 12.1. The molecule has 0 saturated carbocycles. The van der Waals surface area contributed by atoms with Gasteiger partial charge in [-0.1, -0.05) is 12.1 Å². The van der Waals surface area contributed by atoms with E-state index in [1.165, 1.54) is 26.2 Å². The monoisotopic (exact) mass is 291 g/mol. The average molecular weight is 291 g/mol. The van der Waals surface area contributed by atoms with Crippen LogP contribution in [-0.2, 0) is 9.53 Å². The Balaban J connectivity index is 2.43. The van der Waals surface area contributed by atoms with E-state index >= 15 is 0 Å². The quantitative estimate of drug-likeness (QED) is 0.642. The molecule has 21 heavy (non-hydrogen) atoms. The lowest BCUT2D eigenvalue weighted by Crippen LogP contribution is -2.40. The maximum absolute atomic E-state index is 12.1. The summed E-state index contributed by atoms with van der Waals surface area (Å²) < 4.78 is 5.25. The lowest BCUT2D eigenvalue weighted by Gasteiger charge is -2.17. The third-order valence-corrected chi connectivity index (χ3v) is 2.93. The average Bonchev–Trinajstić information content (AvgIpc) is 2.49. The molecule has 1 aromatic heterocycles. The molecule has 0 fully saturated rings. The summed E-state index contributed by atoms with van der Waals surface area (Å²) in [6.07, 6.45) is 0.870. The Labute approximate surface area is 119 Å². The molecule has 0 saturated heterocycles. The molecule has 0 unspecified atom stereocenters. The molecule has 0 radical (unpaired) electrons. The molecule has 0 aliphatic rings. The van der Waals surface area contributed by atoms with Crippen molar-refractivity contribution in [3.8, 4) is 0 Å². The van der Waals surface area contributed by atoms with Crippen LogP contribution in [0.1, 0.15) is 17.4 Å². The first kappa shape index (κ1) is 14.5. The van der Waals surface area contributed by atoms with Crippen LogP contribution in [0, 0.1) is 10.1 Å². The molecule has 2 aromatic rings. The molecule has 1 N–H and O–H groups in total. The molecular formula is C13H13N3O5. The van der Waals surface area contributed by atoms with Crippen molar-refractivity contribution in [3.05, 3.63) is 46.3 Å². The number of amides is 1. The third-order valence-electron chi connectivity index (χ3n) is 2.93. The highest BCUT2D eigenvalue weighted by molar-refractivity contribution is 5.96. The summed E-state index contributed by atoms with van der Waals surface area (Å²) in [6, 6.07) is 5.15. The minimum Gasteiger partial charge on any atom is -0.805 e. The van der Waals surface area contributed by atoms with Gasteiger partial charge in [-0.25, -0.2) is 4.79 Å². The predicted molar refractivity (Wildman–Crippen MR) is 73.0 cm³/mol. The summed E-state index contributed by atoms with van der Waals surface area (Å²) in [5, 5.41) is 14.4. The maximum Gasteiger partial charge on any atom is 0.328 e. The van der Waals surface area contributed by atoms with Crippen LogP contribution in [0.3, 0.4) is 0 Å². The Morgan fingerprint density at radius 3 is 2.71 bits per heavy atom. The van der Waals surface area contributed by atoms with E-state index < -0.39 is 23.6 Å². The fourth-order valence-corrected chi connectivity index (χ4v) is 1.84. The van der Waals surface area contributed by atoms with Crippen molar-refractivity contribution in [3.63, 3.8) is 0 Å². The highest BCUT2D eigenvalue weighted by Gasteiger charge is 2.21. The molecule has 0 spiro atoms. The van der Waals surface area contributed by atoms with Crippen molar-refractivity contribution in [1.82, 2.24) is 10.0 Å². The van der Waals surface area contributed by atoms with E-state index in [9.17, 15) is 19.7 Å². The van der Waals surface area contributed by atoms with E-state index in [4.69, 9.17) is 0 Å². The van der Waals surface area contributed by atoms with E-state index in [2.05, 4.69) is 10.1 Å². The van der Waals surface area contributed by atoms with Gasteiger partial charge in [0, 0.05) is 11.0 Å². The molecule has 110 valence electrons. The van der Waals surface area contributed by atoms with E-state index in [0.29, 0.717) is 9.16 Å². The number of benzene rings is 1. The Hall–Kier alpha value is -2.90. The molecule has 0 bridgehead atoms. The van der Waals surface area contributed by atoms with Gasteiger partial charge in [0.1, 0.15) is 11.6 Å². The van der Waals surface area contributed by atoms with Crippen LogP contribution in [0.4, 0.5) is 0 Å². The minimum absolute atomic E-state index is 0.0610. The number of carbonyl (C=O) groups excluding carboxylic acids is 2. The Morgan fingerprint density at radius 1 is 1.38 bits per heavy atom. The van der Waals surface area contributed by atoms with E-state index in [1.54, 1.807) is 12.1 Å². The van der Waals surface area contributed by atoms with Crippen LogP contribution in [0.25, 0.3) is 11.0 Å². The normalized spacial score (nSPS) is 11.9. The standard InChI is InChI=1S/C13H13N3O5/c1-8(13(18)21-2)14-12(17)11-7-15(19)9-5-3-4-6-10(9)16(11)20/h3-8H,1-2H3,(H,14,17)/t8-/m0/s1. The van der Waals surface area contributed by atoms with Gasteiger partial charge in [0.2, 0.25) is 0 Å². The first-order valence-corrected chi connectivity index (χ1v) is 6.09. The van der Waals surface area contributed by atoms with Crippen LogP contribution in [0.5, 0.6) is 0 Å². The Bertz CT molecular complexity index is 768. The van der Waals surface area contributed by atoms with Gasteiger partial charge in [-0.2, -0.15) is 0 Å². The highest BCUT2D eigenvalue weighted by Crippen LogP contribution is 2.10. The van der Waals surface area contributed by atoms with Crippen molar-refractivity contribution < 1.29 is 18.8 Å². The molecule has 1 aromatic carbocycles. The molecule has 8 heteroatoms. The lowest BCUT2D eigenvalue weighted by molar-refractivity contribution is -0.464. The van der Waals surface area contributed by atoms with Gasteiger partial charge in [0.05, 0.1) is 11.5 Å². The number of hydrogen-bond donors (Lipinski definition) is 1. The van der Waals surface area contributed by atoms with Gasteiger partial charge in [-0.05, 0) is 13.0 Å². The number of methoxy groups -OCH3 is 1. The number of fused-ring (bicyclic) bond motifs is 1. The number of carbonyl (C=O) groups is 2. The van der Waals surface area contributed by atoms with Crippen LogP contribution >= 0.6 is 0 Å². The van der Waals surface area contributed by atoms with Gasteiger partial charge in [-0.15, -0.1) is 0 Å². The van der Waals surface area contributed by atoms with Crippen molar-refractivity contribution in [2.24, 2.45) is 0 Å². The van der Waals surface area contributed by atoms with Crippen LogP contribution in [0.15, 0.2) is 30.5 Å². The van der Waals surface area contributed by atoms with Gasteiger partial charge >= 0.3 is 5.97 Å². The van der Waals surface area contributed by atoms with Gasteiger partial charge in [0.25, 0.3) is 17.6 Å². The number of hydrogen-bond acceptors (Lipinski definition) is 5. The van der Waals surface area contributed by atoms with E-state index in [0.717, 1.165) is 6.20 Å². The number of ether oxygens (including phenoxy) is 1. The molecule has 1 atom stereocenters. The van der Waals surface area contributed by atoms with Crippen molar-refractivity contribution in [2.75, 3.05) is 7.11 Å². The van der Waals surface area contributed by atoms with Crippen molar-refractivity contribution in [1.29, 1.82) is 0 Å². The fourth-order valence-electron chi connectivity index (χ4n) is 1.84. The minimum atomic E-state index is -0.936. The lowest BCUT2D eigenvalue weighted by atomic mass is 10.2. The molecule has 2 rings (SSSR count). The van der Waals surface area contributed by atoms with Crippen molar-refractivity contribution in [2.45, 2.75) is 13.0 Å². The number of aromatic nitrogens is 2. The molecule has 0 aliphatic carbocycles. The summed E-state index contributed by atoms with van der Waals surface area (Å²) >= 11 is 0. The summed E-state index contributed by atoms with van der Waals surface area (Å²) in [6.45, 7) is 1.41. The van der Waals surface area contributed by atoms with Crippen molar-refractivity contribution >= 4 is 22.9 Å². The first-order valence-electron chi connectivity index (χ1n) is 6.09. The fraction of sp³-hybridized carbons (Fsp3) is 0.231.